The van der Waals surface area contributed by atoms with Crippen molar-refractivity contribution in [2.24, 2.45) is 11.8 Å². The van der Waals surface area contributed by atoms with Gasteiger partial charge in [0.25, 0.3) is 0 Å². The van der Waals surface area contributed by atoms with Gasteiger partial charge in [0.2, 0.25) is 5.88 Å². The van der Waals surface area contributed by atoms with Crippen LogP contribution in [0.2, 0.25) is 0 Å². The van der Waals surface area contributed by atoms with Crippen LogP contribution >= 0.6 is 0 Å². The molecule has 1 saturated heterocycles. The van der Waals surface area contributed by atoms with Gasteiger partial charge >= 0.3 is 0 Å². The van der Waals surface area contributed by atoms with Gasteiger partial charge in [0.1, 0.15) is 6.10 Å². The van der Waals surface area contributed by atoms with Gasteiger partial charge in [0.15, 0.2) is 0 Å². The minimum atomic E-state index is 0.375. The molecule has 1 aromatic heterocycles. The lowest BCUT2D eigenvalue weighted by Gasteiger charge is -2.48. The Hall–Kier alpha value is -1.61. The molecule has 1 unspecified atom stereocenters. The van der Waals surface area contributed by atoms with E-state index in [1.54, 1.807) is 0 Å². The van der Waals surface area contributed by atoms with Crippen molar-refractivity contribution in [1.82, 2.24) is 10.3 Å². The molecule has 1 saturated carbocycles. The zero-order valence-corrected chi connectivity index (χ0v) is 10.2. The molecular formula is C15H16N2O. The lowest BCUT2D eigenvalue weighted by atomic mass is 9.69. The fourth-order valence-corrected chi connectivity index (χ4v) is 3.14. The van der Waals surface area contributed by atoms with Crippen molar-refractivity contribution in [3.05, 3.63) is 36.4 Å². The maximum Gasteiger partial charge on any atom is 0.214 e. The molecule has 4 rings (SSSR count). The standard InChI is InChI=1S/C15H16N2O/c1-2-4-13-10(3-1)5-6-14(17-13)18-15-11-7-12(15)9-16-8-11/h1-6,11-12,15-16H,7-9H2/t11-,12+,15?. The fraction of sp³-hybridized carbons (Fsp3) is 0.400. The van der Waals surface area contributed by atoms with Crippen LogP contribution in [-0.4, -0.2) is 24.2 Å². The lowest BCUT2D eigenvalue weighted by Crippen LogP contribution is -2.59. The zero-order chi connectivity index (χ0) is 11.9. The molecule has 2 aromatic rings. The summed E-state index contributed by atoms with van der Waals surface area (Å²) in [4.78, 5) is 4.58. The van der Waals surface area contributed by atoms with Crippen LogP contribution in [0, 0.1) is 11.8 Å². The number of hydrogen-bond donors (Lipinski definition) is 1. The highest BCUT2D eigenvalue weighted by Gasteiger charge is 2.45. The lowest BCUT2D eigenvalue weighted by molar-refractivity contribution is -0.0468. The van der Waals surface area contributed by atoms with Gasteiger partial charge in [0.05, 0.1) is 5.52 Å². The predicted octanol–water partition coefficient (Wildman–Crippen LogP) is 2.22. The third-order valence-corrected chi connectivity index (χ3v) is 4.18. The molecule has 3 nitrogen and oxygen atoms in total. The Morgan fingerprint density at radius 3 is 2.72 bits per heavy atom. The molecule has 2 heterocycles. The molecule has 3 atom stereocenters. The SMILES string of the molecule is c1ccc2nc(OC3[C@@H]4CNC[C@H]3C4)ccc2c1. The van der Waals surface area contributed by atoms with Crippen molar-refractivity contribution in [2.75, 3.05) is 13.1 Å². The van der Waals surface area contributed by atoms with Gasteiger partial charge in [-0.05, 0) is 18.6 Å². The van der Waals surface area contributed by atoms with Gasteiger partial charge in [0, 0.05) is 36.4 Å². The minimum absolute atomic E-state index is 0.375. The zero-order valence-electron chi connectivity index (χ0n) is 10.2. The molecule has 1 aromatic carbocycles. The van der Waals surface area contributed by atoms with Crippen LogP contribution in [0.5, 0.6) is 5.88 Å². The summed E-state index contributed by atoms with van der Waals surface area (Å²) in [6.45, 7) is 2.18. The molecule has 3 heteroatoms. The number of nitrogens with one attached hydrogen (secondary N) is 1. The molecule has 1 N–H and O–H groups in total. The van der Waals surface area contributed by atoms with Crippen LogP contribution in [0.15, 0.2) is 36.4 Å². The summed E-state index contributed by atoms with van der Waals surface area (Å²) >= 11 is 0. The quantitative estimate of drug-likeness (QED) is 0.874. The molecule has 2 fully saturated rings. The fourth-order valence-electron chi connectivity index (χ4n) is 3.14. The monoisotopic (exact) mass is 240 g/mol. The average molecular weight is 240 g/mol. The number of ether oxygens (including phenoxy) is 1. The van der Waals surface area contributed by atoms with E-state index in [2.05, 4.69) is 22.4 Å². The van der Waals surface area contributed by atoms with Crippen LogP contribution in [0.1, 0.15) is 6.42 Å². The highest BCUT2D eigenvalue weighted by Crippen LogP contribution is 2.39. The van der Waals surface area contributed by atoms with Gasteiger partial charge < -0.3 is 10.1 Å². The first-order valence-electron chi connectivity index (χ1n) is 6.63. The number of hydrogen-bond acceptors (Lipinski definition) is 3. The van der Waals surface area contributed by atoms with Crippen LogP contribution in [0.3, 0.4) is 0 Å². The van der Waals surface area contributed by atoms with E-state index in [1.807, 2.05) is 24.3 Å². The summed E-state index contributed by atoms with van der Waals surface area (Å²) in [5.41, 5.74) is 1.01. The van der Waals surface area contributed by atoms with E-state index in [-0.39, 0.29) is 0 Å². The molecule has 18 heavy (non-hydrogen) atoms. The van der Waals surface area contributed by atoms with Crippen molar-refractivity contribution in [3.8, 4) is 5.88 Å². The molecule has 1 aliphatic carbocycles. The first-order valence-corrected chi connectivity index (χ1v) is 6.63. The Morgan fingerprint density at radius 1 is 1.06 bits per heavy atom. The Balaban J connectivity index is 1.59. The molecule has 1 aliphatic heterocycles. The van der Waals surface area contributed by atoms with Crippen molar-refractivity contribution >= 4 is 10.9 Å². The Bertz CT molecular complexity index is 569. The van der Waals surface area contributed by atoms with E-state index >= 15 is 0 Å². The van der Waals surface area contributed by atoms with E-state index in [1.165, 1.54) is 11.8 Å². The second kappa shape index (κ2) is 3.95. The highest BCUT2D eigenvalue weighted by atomic mass is 16.5. The molecular weight excluding hydrogens is 224 g/mol. The summed E-state index contributed by atoms with van der Waals surface area (Å²) in [6, 6.07) is 12.2. The normalized spacial score (nSPS) is 29.9. The van der Waals surface area contributed by atoms with Gasteiger partial charge in [-0.25, -0.2) is 4.98 Å². The van der Waals surface area contributed by atoms with E-state index in [0.29, 0.717) is 17.9 Å². The Kier molecular flexibility index (Phi) is 2.27. The second-order valence-corrected chi connectivity index (χ2v) is 5.34. The minimum Gasteiger partial charge on any atom is -0.474 e. The van der Waals surface area contributed by atoms with E-state index in [9.17, 15) is 0 Å². The molecule has 2 bridgehead atoms. The van der Waals surface area contributed by atoms with Gasteiger partial charge in [-0.1, -0.05) is 18.2 Å². The topological polar surface area (TPSA) is 34.1 Å². The third-order valence-electron chi connectivity index (χ3n) is 4.18. The Morgan fingerprint density at radius 2 is 1.89 bits per heavy atom. The summed E-state index contributed by atoms with van der Waals surface area (Å²) < 4.78 is 6.07. The van der Waals surface area contributed by atoms with Gasteiger partial charge in [-0.3, -0.25) is 0 Å². The molecule has 2 aliphatic rings. The smallest absolute Gasteiger partial charge is 0.214 e. The largest absolute Gasteiger partial charge is 0.474 e. The van der Waals surface area contributed by atoms with Gasteiger partial charge in [-0.15, -0.1) is 0 Å². The highest BCUT2D eigenvalue weighted by molar-refractivity contribution is 5.78. The predicted molar refractivity (Wildman–Crippen MR) is 70.6 cm³/mol. The molecule has 92 valence electrons. The summed E-state index contributed by atoms with van der Waals surface area (Å²) in [7, 11) is 0. The molecule has 0 radical (unpaired) electrons. The number of para-hydroxylation sites is 1. The number of piperidine rings is 2. The first-order chi connectivity index (χ1) is 8.90. The number of aromatic nitrogens is 1. The number of nitrogens with zero attached hydrogens (tertiary/aromatic N) is 1. The molecule has 0 spiro atoms. The first kappa shape index (κ1) is 10.3. The summed E-state index contributed by atoms with van der Waals surface area (Å²) in [5.74, 6) is 2.13. The average Bonchev–Trinajstić information content (AvgIpc) is 2.45. The third kappa shape index (κ3) is 1.58. The number of benzene rings is 1. The maximum absolute atomic E-state index is 6.07. The van der Waals surface area contributed by atoms with E-state index in [0.717, 1.165) is 24.5 Å². The van der Waals surface area contributed by atoms with Crippen molar-refractivity contribution < 1.29 is 4.74 Å². The van der Waals surface area contributed by atoms with E-state index < -0.39 is 0 Å². The summed E-state index contributed by atoms with van der Waals surface area (Å²) in [6.07, 6.45) is 1.69. The number of fused-ring (bicyclic) bond motifs is 3. The van der Waals surface area contributed by atoms with Crippen molar-refractivity contribution in [3.63, 3.8) is 0 Å². The van der Waals surface area contributed by atoms with Crippen LogP contribution < -0.4 is 10.1 Å². The summed E-state index contributed by atoms with van der Waals surface area (Å²) in [5, 5.41) is 4.60. The number of pyridine rings is 1. The Labute approximate surface area is 106 Å². The van der Waals surface area contributed by atoms with Crippen LogP contribution in [-0.2, 0) is 0 Å². The van der Waals surface area contributed by atoms with Gasteiger partial charge in [-0.2, -0.15) is 0 Å². The molecule has 0 amide bonds. The van der Waals surface area contributed by atoms with E-state index in [4.69, 9.17) is 4.74 Å². The van der Waals surface area contributed by atoms with Crippen LogP contribution in [0.25, 0.3) is 10.9 Å². The maximum atomic E-state index is 6.07. The number of rotatable bonds is 2. The van der Waals surface area contributed by atoms with Crippen LogP contribution in [0.4, 0.5) is 0 Å². The van der Waals surface area contributed by atoms with Crippen molar-refractivity contribution in [1.29, 1.82) is 0 Å². The van der Waals surface area contributed by atoms with Crippen molar-refractivity contribution in [2.45, 2.75) is 12.5 Å². The second-order valence-electron chi connectivity index (χ2n) is 5.34.